The smallest absolute Gasteiger partial charge is 0.243 e. The molecular weight excluding hydrogens is 352 g/mol. The summed E-state index contributed by atoms with van der Waals surface area (Å²) in [6.45, 7) is 4.39. The molecule has 1 fully saturated rings. The first-order valence-corrected chi connectivity index (χ1v) is 10.5. The van der Waals surface area contributed by atoms with Crippen LogP contribution >= 0.6 is 0 Å². The van der Waals surface area contributed by atoms with Crippen molar-refractivity contribution in [1.82, 2.24) is 14.9 Å². The molecule has 1 aliphatic rings. The number of methoxy groups -OCH3 is 1. The average Bonchev–Trinajstić information content (AvgIpc) is 2.66. The molecule has 0 amide bonds. The van der Waals surface area contributed by atoms with Crippen LogP contribution < -0.4 is 10.6 Å². The van der Waals surface area contributed by atoms with E-state index in [2.05, 4.69) is 15.6 Å². The van der Waals surface area contributed by atoms with Crippen molar-refractivity contribution in [3.05, 3.63) is 29.8 Å². The average molecular weight is 383 g/mol. The number of sulfonamides is 1. The highest BCUT2D eigenvalue weighted by Crippen LogP contribution is 2.20. The second-order valence-corrected chi connectivity index (χ2v) is 8.47. The highest BCUT2D eigenvalue weighted by molar-refractivity contribution is 7.89. The van der Waals surface area contributed by atoms with Crippen LogP contribution in [0.25, 0.3) is 0 Å². The topological polar surface area (TPSA) is 83.0 Å². The maximum atomic E-state index is 12.7. The van der Waals surface area contributed by atoms with Gasteiger partial charge in [0.15, 0.2) is 5.96 Å². The number of piperidine rings is 1. The van der Waals surface area contributed by atoms with E-state index in [1.807, 2.05) is 19.1 Å². The molecule has 0 radical (unpaired) electrons. The molecule has 1 saturated heterocycles. The number of rotatable bonds is 7. The van der Waals surface area contributed by atoms with E-state index in [0.717, 1.165) is 24.8 Å². The second kappa shape index (κ2) is 9.89. The maximum Gasteiger partial charge on any atom is 0.243 e. The number of hydrogen-bond donors (Lipinski definition) is 2. The summed E-state index contributed by atoms with van der Waals surface area (Å²) in [4.78, 5) is 4.54. The Morgan fingerprint density at radius 1 is 1.23 bits per heavy atom. The Hall–Kier alpha value is -1.64. The molecule has 1 aromatic carbocycles. The van der Waals surface area contributed by atoms with Crippen LogP contribution in [0, 0.1) is 0 Å². The Labute approximate surface area is 156 Å². The zero-order valence-corrected chi connectivity index (χ0v) is 16.7. The summed E-state index contributed by atoms with van der Waals surface area (Å²) < 4.78 is 32.0. The zero-order chi connectivity index (χ0) is 19.0. The van der Waals surface area contributed by atoms with Crippen molar-refractivity contribution in [1.29, 1.82) is 0 Å². The van der Waals surface area contributed by atoms with E-state index in [-0.39, 0.29) is 6.04 Å². The normalized spacial score (nSPS) is 17.7. The highest BCUT2D eigenvalue weighted by atomic mass is 32.2. The van der Waals surface area contributed by atoms with Gasteiger partial charge in [-0.3, -0.25) is 4.99 Å². The quantitative estimate of drug-likeness (QED) is 0.552. The number of nitrogens with zero attached hydrogens (tertiary/aromatic N) is 2. The molecular formula is C18H30N4O3S. The van der Waals surface area contributed by atoms with Gasteiger partial charge in [-0.1, -0.05) is 18.6 Å². The van der Waals surface area contributed by atoms with Crippen LogP contribution in [0.5, 0.6) is 0 Å². The minimum atomic E-state index is -3.37. The Kier molecular flexibility index (Phi) is 7.86. The van der Waals surface area contributed by atoms with Gasteiger partial charge < -0.3 is 15.4 Å². The van der Waals surface area contributed by atoms with Crippen LogP contribution in [-0.4, -0.2) is 58.6 Å². The van der Waals surface area contributed by atoms with Crippen LogP contribution in [0.2, 0.25) is 0 Å². The summed E-state index contributed by atoms with van der Waals surface area (Å²) in [6, 6.07) is 7.20. The fraction of sp³-hybridized carbons (Fsp3) is 0.611. The fourth-order valence-electron chi connectivity index (χ4n) is 2.94. The maximum absolute atomic E-state index is 12.7. The van der Waals surface area contributed by atoms with Crippen molar-refractivity contribution < 1.29 is 13.2 Å². The van der Waals surface area contributed by atoms with Gasteiger partial charge in [0, 0.05) is 39.8 Å². The molecule has 146 valence electrons. The monoisotopic (exact) mass is 382 g/mol. The number of nitrogens with one attached hydrogen (secondary N) is 2. The first-order valence-electron chi connectivity index (χ1n) is 9.02. The highest BCUT2D eigenvalue weighted by Gasteiger charge is 2.25. The number of ether oxygens (including phenoxy) is 1. The third-order valence-corrected chi connectivity index (χ3v) is 6.27. The summed E-state index contributed by atoms with van der Waals surface area (Å²) >= 11 is 0. The molecule has 2 rings (SSSR count). The number of hydrogen-bond acceptors (Lipinski definition) is 4. The van der Waals surface area contributed by atoms with E-state index in [1.165, 1.54) is 0 Å². The van der Waals surface area contributed by atoms with Crippen LogP contribution in [0.15, 0.2) is 34.2 Å². The minimum absolute atomic E-state index is 0.142. The van der Waals surface area contributed by atoms with E-state index >= 15 is 0 Å². The molecule has 8 heteroatoms. The molecule has 1 atom stereocenters. The first kappa shape index (κ1) is 20.7. The van der Waals surface area contributed by atoms with Crippen LogP contribution in [-0.2, 0) is 21.3 Å². The van der Waals surface area contributed by atoms with Crippen molar-refractivity contribution in [3.8, 4) is 0 Å². The van der Waals surface area contributed by atoms with Crippen molar-refractivity contribution in [2.24, 2.45) is 4.99 Å². The van der Waals surface area contributed by atoms with Crippen LogP contribution in [0.1, 0.15) is 31.7 Å². The second-order valence-electron chi connectivity index (χ2n) is 6.54. The molecule has 2 N–H and O–H groups in total. The van der Waals surface area contributed by atoms with Gasteiger partial charge in [-0.2, -0.15) is 4.31 Å². The Morgan fingerprint density at radius 2 is 1.88 bits per heavy atom. The summed E-state index contributed by atoms with van der Waals surface area (Å²) in [5.41, 5.74) is 0.991. The van der Waals surface area contributed by atoms with Gasteiger partial charge in [0.25, 0.3) is 0 Å². The van der Waals surface area contributed by atoms with Gasteiger partial charge in [0.2, 0.25) is 10.0 Å². The molecule has 0 aliphatic carbocycles. The molecule has 1 unspecified atom stereocenters. The number of aliphatic imine (C=N–C) groups is 1. The largest absolute Gasteiger partial charge is 0.383 e. The van der Waals surface area contributed by atoms with E-state index in [0.29, 0.717) is 37.1 Å². The summed E-state index contributed by atoms with van der Waals surface area (Å²) in [7, 11) is -0.00196. The van der Waals surface area contributed by atoms with E-state index in [9.17, 15) is 8.42 Å². The predicted octanol–water partition coefficient (Wildman–Crippen LogP) is 1.56. The molecule has 0 saturated carbocycles. The molecule has 0 bridgehead atoms. The van der Waals surface area contributed by atoms with Crippen LogP contribution in [0.3, 0.4) is 0 Å². The lowest BCUT2D eigenvalue weighted by Crippen LogP contribution is -2.43. The van der Waals surface area contributed by atoms with Gasteiger partial charge in [-0.15, -0.1) is 0 Å². The molecule has 0 spiro atoms. The van der Waals surface area contributed by atoms with Gasteiger partial charge >= 0.3 is 0 Å². The van der Waals surface area contributed by atoms with Crippen molar-refractivity contribution >= 4 is 16.0 Å². The predicted molar refractivity (Wildman–Crippen MR) is 104 cm³/mol. The van der Waals surface area contributed by atoms with E-state index in [1.54, 1.807) is 30.6 Å². The SMILES string of the molecule is CN=C(NCc1ccc(S(=O)(=O)N2CCCCC2)cc1)NC(C)COC. The molecule has 0 aromatic heterocycles. The standard InChI is InChI=1S/C18H30N4O3S/c1-15(14-25-3)21-18(19-2)20-13-16-7-9-17(10-8-16)26(23,24)22-11-5-4-6-12-22/h7-10,15H,4-6,11-14H2,1-3H3,(H2,19,20,21). The van der Waals surface area contributed by atoms with Crippen molar-refractivity contribution in [2.45, 2.75) is 43.7 Å². The molecule has 26 heavy (non-hydrogen) atoms. The minimum Gasteiger partial charge on any atom is -0.383 e. The zero-order valence-electron chi connectivity index (χ0n) is 15.9. The molecule has 1 aromatic rings. The summed E-state index contributed by atoms with van der Waals surface area (Å²) in [5.74, 6) is 0.680. The van der Waals surface area contributed by atoms with E-state index in [4.69, 9.17) is 4.74 Å². The lowest BCUT2D eigenvalue weighted by molar-refractivity contribution is 0.179. The van der Waals surface area contributed by atoms with Gasteiger partial charge in [0.05, 0.1) is 11.5 Å². The molecule has 7 nitrogen and oxygen atoms in total. The first-order chi connectivity index (χ1) is 12.5. The number of benzene rings is 1. The third-order valence-electron chi connectivity index (χ3n) is 4.36. The van der Waals surface area contributed by atoms with Crippen molar-refractivity contribution in [2.75, 3.05) is 33.9 Å². The van der Waals surface area contributed by atoms with Gasteiger partial charge in [-0.05, 0) is 37.5 Å². The fourth-order valence-corrected chi connectivity index (χ4v) is 4.46. The molecule has 1 aliphatic heterocycles. The summed E-state index contributed by atoms with van der Waals surface area (Å²) in [6.07, 6.45) is 2.98. The Morgan fingerprint density at radius 3 is 2.46 bits per heavy atom. The lowest BCUT2D eigenvalue weighted by Gasteiger charge is -2.25. The molecule has 1 heterocycles. The van der Waals surface area contributed by atoms with Gasteiger partial charge in [-0.25, -0.2) is 8.42 Å². The number of guanidine groups is 1. The summed E-state index contributed by atoms with van der Waals surface area (Å²) in [5, 5.41) is 6.45. The lowest BCUT2D eigenvalue weighted by atomic mass is 10.2. The van der Waals surface area contributed by atoms with Crippen molar-refractivity contribution in [3.63, 3.8) is 0 Å². The van der Waals surface area contributed by atoms with E-state index < -0.39 is 10.0 Å². The van der Waals surface area contributed by atoms with Gasteiger partial charge in [0.1, 0.15) is 0 Å². The third kappa shape index (κ3) is 5.69. The van der Waals surface area contributed by atoms with Crippen LogP contribution in [0.4, 0.5) is 0 Å². The Bertz CT molecular complexity index is 683. The Balaban J connectivity index is 1.94.